The molecule has 6 rings (SSSR count). The molecule has 0 bridgehead atoms. The van der Waals surface area contributed by atoms with E-state index in [1.807, 2.05) is 51.1 Å². The lowest BCUT2D eigenvalue weighted by Gasteiger charge is -2.34. The van der Waals surface area contributed by atoms with Crippen molar-refractivity contribution >= 4 is 46.8 Å². The summed E-state index contributed by atoms with van der Waals surface area (Å²) in [7, 11) is 0. The number of nitrogens with two attached hydrogens (primary N) is 1. The first-order valence-electron chi connectivity index (χ1n) is 15.1. The number of fused-ring (bicyclic) bond motifs is 1. The molecular weight excluding hydrogens is 560 g/mol. The number of anilines is 3. The van der Waals surface area contributed by atoms with E-state index in [2.05, 4.69) is 41.9 Å². The van der Waals surface area contributed by atoms with E-state index in [4.69, 9.17) is 9.47 Å². The molecule has 0 saturated carbocycles. The number of carbonyl (C=O) groups excluding carboxylic acids is 2. The fraction of sp³-hybridized carbons (Fsp3) is 0.406. The highest BCUT2D eigenvalue weighted by molar-refractivity contribution is 6.03. The number of hydrogen-bond acceptors (Lipinski definition) is 9. The van der Waals surface area contributed by atoms with Gasteiger partial charge in [-0.25, -0.2) is 9.78 Å². The predicted molar refractivity (Wildman–Crippen MR) is 168 cm³/mol. The fourth-order valence-electron chi connectivity index (χ4n) is 5.55. The largest absolute Gasteiger partial charge is 0.444 e. The molecule has 2 amide bonds. The zero-order chi connectivity index (χ0) is 30.7. The van der Waals surface area contributed by atoms with Crippen LogP contribution in [0, 0.1) is 0 Å². The third kappa shape index (κ3) is 6.98. The summed E-state index contributed by atoms with van der Waals surface area (Å²) in [6.07, 6.45) is 6.67. The van der Waals surface area contributed by atoms with E-state index in [1.165, 1.54) is 0 Å². The van der Waals surface area contributed by atoms with Crippen LogP contribution < -0.4 is 20.9 Å². The number of morpholine rings is 1. The Hall–Kier alpha value is -4.55. The normalized spacial score (nSPS) is 17.1. The Morgan fingerprint density at radius 3 is 2.45 bits per heavy atom. The summed E-state index contributed by atoms with van der Waals surface area (Å²) in [6, 6.07) is 11.5. The quantitative estimate of drug-likeness (QED) is 0.389. The number of benzene rings is 1. The standard InChI is InChI=1S/C32H38N8O4/c1-32(2,3)44-31(42)40-12-9-23(10-13-40)36-24-8-11-33-27(18-24)30(41)37-22-6-4-21(5-7-22)26-19-25-28(38-26)34-20-35-29(25)39-14-16-43-17-15-39/h4-8,11,18-20,23H,9-10,12-17H2,1-3H3,(H,33,36)(H,37,41)(H,34,35,38)/p+1. The van der Waals surface area contributed by atoms with Crippen LogP contribution in [0.2, 0.25) is 0 Å². The number of nitrogens with one attached hydrogen (secondary N) is 2. The lowest BCUT2D eigenvalue weighted by atomic mass is 10.0. The van der Waals surface area contributed by atoms with Crippen molar-refractivity contribution in [3.8, 4) is 0 Å². The van der Waals surface area contributed by atoms with E-state index in [0.29, 0.717) is 37.7 Å². The Labute approximate surface area is 256 Å². The molecule has 4 N–H and O–H groups in total. The smallest absolute Gasteiger partial charge is 0.410 e. The maximum absolute atomic E-state index is 13.1. The van der Waals surface area contributed by atoms with Gasteiger partial charge in [-0.15, -0.1) is 0 Å². The molecule has 230 valence electrons. The van der Waals surface area contributed by atoms with Crippen molar-refractivity contribution in [2.45, 2.75) is 45.3 Å². The van der Waals surface area contributed by atoms with Crippen LogP contribution in [0.1, 0.15) is 55.2 Å². The van der Waals surface area contributed by atoms with E-state index >= 15 is 0 Å². The number of quaternary nitrogens is 1. The highest BCUT2D eigenvalue weighted by Gasteiger charge is 2.28. The van der Waals surface area contributed by atoms with Gasteiger partial charge in [0.1, 0.15) is 34.7 Å². The van der Waals surface area contributed by atoms with E-state index in [0.717, 1.165) is 60.1 Å². The van der Waals surface area contributed by atoms with Crippen molar-refractivity contribution in [2.24, 2.45) is 0 Å². The zero-order valence-electron chi connectivity index (χ0n) is 25.4. The Morgan fingerprint density at radius 1 is 0.977 bits per heavy atom. The summed E-state index contributed by atoms with van der Waals surface area (Å²) in [4.78, 5) is 42.7. The first kappa shape index (κ1) is 29.5. The van der Waals surface area contributed by atoms with Crippen molar-refractivity contribution in [3.63, 3.8) is 0 Å². The summed E-state index contributed by atoms with van der Waals surface area (Å²) < 4.78 is 11.0. The number of amides is 2. The highest BCUT2D eigenvalue weighted by atomic mass is 16.6. The molecule has 2 fully saturated rings. The Bertz CT molecular complexity index is 1540. The molecule has 12 heteroatoms. The van der Waals surface area contributed by atoms with Gasteiger partial charge in [0, 0.05) is 61.4 Å². The predicted octanol–water partition coefficient (Wildman–Crippen LogP) is 3.48. The van der Waals surface area contributed by atoms with Crippen LogP contribution in [0.25, 0.3) is 11.8 Å². The highest BCUT2D eigenvalue weighted by Crippen LogP contribution is 2.30. The second kappa shape index (κ2) is 12.6. The van der Waals surface area contributed by atoms with E-state index in [-0.39, 0.29) is 18.0 Å². The van der Waals surface area contributed by atoms with Gasteiger partial charge in [0.05, 0.1) is 13.2 Å². The average molecular weight is 600 g/mol. The Morgan fingerprint density at radius 2 is 1.73 bits per heavy atom. The van der Waals surface area contributed by atoms with Crippen LogP contribution >= 0.6 is 0 Å². The van der Waals surface area contributed by atoms with Crippen LogP contribution in [0.5, 0.6) is 0 Å². The maximum Gasteiger partial charge on any atom is 0.410 e. The van der Waals surface area contributed by atoms with Crippen LogP contribution in [-0.2, 0) is 9.47 Å². The Balaban J connectivity index is 1.04. The third-order valence-electron chi connectivity index (χ3n) is 7.78. The number of nitrogens with zero attached hydrogens (tertiary/aromatic N) is 5. The summed E-state index contributed by atoms with van der Waals surface area (Å²) in [5, 5.41) is 8.51. The summed E-state index contributed by atoms with van der Waals surface area (Å²) in [5.41, 5.74) is 4.40. The molecule has 3 aliphatic rings. The van der Waals surface area contributed by atoms with Gasteiger partial charge in [-0.2, -0.15) is 4.98 Å². The molecule has 0 spiro atoms. The molecule has 0 radical (unpaired) electrons. The van der Waals surface area contributed by atoms with Gasteiger partial charge in [-0.05, 0) is 70.0 Å². The first-order chi connectivity index (χ1) is 21.2. The van der Waals surface area contributed by atoms with Gasteiger partial charge in [0.2, 0.25) is 5.82 Å². The number of piperidine rings is 1. The molecule has 44 heavy (non-hydrogen) atoms. The molecule has 0 aliphatic carbocycles. The number of ether oxygens (including phenoxy) is 2. The molecule has 0 atom stereocenters. The number of pyridine rings is 1. The Kier molecular flexibility index (Phi) is 8.45. The van der Waals surface area contributed by atoms with Crippen LogP contribution in [-0.4, -0.2) is 82.9 Å². The summed E-state index contributed by atoms with van der Waals surface area (Å²) in [5.74, 6) is 1.55. The number of rotatable bonds is 6. The first-order valence-corrected chi connectivity index (χ1v) is 15.1. The van der Waals surface area contributed by atoms with Gasteiger partial charge in [0.25, 0.3) is 5.91 Å². The topological polar surface area (TPSA) is 138 Å². The monoisotopic (exact) mass is 599 g/mol. The molecule has 0 unspecified atom stereocenters. The van der Waals surface area contributed by atoms with Gasteiger partial charge >= 0.3 is 6.09 Å². The van der Waals surface area contributed by atoms with Crippen molar-refractivity contribution in [1.82, 2.24) is 19.9 Å². The number of carbonyl (C=O) groups is 2. The molecule has 5 heterocycles. The van der Waals surface area contributed by atoms with Crippen LogP contribution in [0.4, 0.5) is 27.8 Å². The lowest BCUT2D eigenvalue weighted by Crippen LogP contribution is -2.73. The minimum atomic E-state index is -0.510. The van der Waals surface area contributed by atoms with Gasteiger partial charge in [-0.1, -0.05) is 0 Å². The van der Waals surface area contributed by atoms with Crippen LogP contribution in [0.3, 0.4) is 0 Å². The van der Waals surface area contributed by atoms with E-state index < -0.39 is 5.60 Å². The second-order valence-corrected chi connectivity index (χ2v) is 12.2. The fourth-order valence-corrected chi connectivity index (χ4v) is 5.55. The van der Waals surface area contributed by atoms with Gasteiger partial charge < -0.3 is 29.9 Å². The number of likely N-dealkylation sites (tertiary alicyclic amines) is 1. The molecular formula is C32H39N8O4+. The molecule has 1 aromatic carbocycles. The number of aromatic nitrogens is 3. The minimum absolute atomic E-state index is 0.184. The molecule has 3 aromatic rings. The van der Waals surface area contributed by atoms with Gasteiger partial charge in [-0.3, -0.25) is 15.1 Å². The third-order valence-corrected chi connectivity index (χ3v) is 7.78. The van der Waals surface area contributed by atoms with Crippen molar-refractivity contribution in [2.75, 3.05) is 54.9 Å². The van der Waals surface area contributed by atoms with Crippen molar-refractivity contribution in [3.05, 3.63) is 65.7 Å². The molecule has 3 aliphatic heterocycles. The van der Waals surface area contributed by atoms with Gasteiger partial charge in [0.15, 0.2) is 0 Å². The lowest BCUT2D eigenvalue weighted by molar-refractivity contribution is -0.469. The van der Waals surface area contributed by atoms with E-state index in [9.17, 15) is 9.59 Å². The maximum atomic E-state index is 13.1. The second-order valence-electron chi connectivity index (χ2n) is 12.2. The van der Waals surface area contributed by atoms with E-state index in [1.54, 1.807) is 23.5 Å². The average Bonchev–Trinajstić information content (AvgIpc) is 3.46. The van der Waals surface area contributed by atoms with Crippen LogP contribution in [0.15, 0.2) is 48.9 Å². The minimum Gasteiger partial charge on any atom is -0.444 e. The van der Waals surface area contributed by atoms with Crippen molar-refractivity contribution in [1.29, 1.82) is 0 Å². The number of hydrogen-bond donors (Lipinski definition) is 3. The SMILES string of the molecule is CC(C)(C)OC(=O)N1CCC(Nc2ccnc(C(=O)Nc3ccc(C4=Cc5c(ncnc5N5CCOCC5)[NH2+]4)cc3)c2)CC1. The molecule has 12 nitrogen and oxygen atoms in total. The molecule has 2 saturated heterocycles. The summed E-state index contributed by atoms with van der Waals surface area (Å²) in [6.45, 7) is 9.85. The molecule has 2 aromatic heterocycles. The zero-order valence-corrected chi connectivity index (χ0v) is 25.4. The summed E-state index contributed by atoms with van der Waals surface area (Å²) >= 11 is 0. The van der Waals surface area contributed by atoms with Crippen molar-refractivity contribution < 1.29 is 24.4 Å².